The minimum absolute atomic E-state index is 0.262. The summed E-state index contributed by atoms with van der Waals surface area (Å²) in [6, 6.07) is 14.5. The molecule has 108 valence electrons. The van der Waals surface area contributed by atoms with Gasteiger partial charge in [-0.15, -0.1) is 0 Å². The lowest BCUT2D eigenvalue weighted by Crippen LogP contribution is -2.28. The van der Waals surface area contributed by atoms with Crippen LogP contribution in [0.5, 0.6) is 0 Å². The number of rotatable bonds is 4. The first kappa shape index (κ1) is 13.8. The van der Waals surface area contributed by atoms with E-state index in [1.807, 2.05) is 24.3 Å². The maximum Gasteiger partial charge on any atom is 0.169 e. The number of halogens is 1. The maximum atomic E-state index is 13.7. The van der Waals surface area contributed by atoms with Crippen molar-refractivity contribution in [3.8, 4) is 0 Å². The highest BCUT2D eigenvalue weighted by atomic mass is 19.1. The van der Waals surface area contributed by atoms with Gasteiger partial charge in [-0.05, 0) is 29.7 Å². The maximum absolute atomic E-state index is 13.7. The van der Waals surface area contributed by atoms with E-state index in [2.05, 4.69) is 24.5 Å². The lowest BCUT2D eigenvalue weighted by atomic mass is 10.0. The molecular weight excluding hydrogens is 267 g/mol. The molecule has 0 fully saturated rings. The first-order chi connectivity index (χ1) is 10.2. The first-order valence-electron chi connectivity index (χ1n) is 6.96. The molecule has 0 aliphatic rings. The summed E-state index contributed by atoms with van der Waals surface area (Å²) in [6.45, 7) is 2.11. The lowest BCUT2D eigenvalue weighted by Gasteiger charge is -2.14. The fourth-order valence-electron chi connectivity index (χ4n) is 2.48. The molecule has 0 spiro atoms. The predicted octanol–water partition coefficient (Wildman–Crippen LogP) is 3.69. The number of furan rings is 1. The zero-order valence-electron chi connectivity index (χ0n) is 11.8. The third kappa shape index (κ3) is 2.55. The molecule has 3 N–H and O–H groups in total. The lowest BCUT2D eigenvalue weighted by molar-refractivity contribution is 0.465. The molecule has 1 heterocycles. The van der Waals surface area contributed by atoms with Crippen LogP contribution < -0.4 is 11.3 Å². The van der Waals surface area contributed by atoms with Crippen LogP contribution in [0.2, 0.25) is 0 Å². The Morgan fingerprint density at radius 1 is 1.19 bits per heavy atom. The number of hydrazine groups is 1. The number of hydrogen-bond donors (Lipinski definition) is 2. The second-order valence-electron chi connectivity index (χ2n) is 5.00. The van der Waals surface area contributed by atoms with Crippen LogP contribution in [0.3, 0.4) is 0 Å². The molecule has 0 radical (unpaired) electrons. The van der Waals surface area contributed by atoms with Crippen molar-refractivity contribution >= 4 is 11.0 Å². The van der Waals surface area contributed by atoms with E-state index in [-0.39, 0.29) is 17.4 Å². The van der Waals surface area contributed by atoms with Gasteiger partial charge in [-0.1, -0.05) is 43.3 Å². The summed E-state index contributed by atoms with van der Waals surface area (Å²) in [6.07, 6.45) is 0.983. The van der Waals surface area contributed by atoms with Crippen LogP contribution in [0.1, 0.15) is 29.9 Å². The summed E-state index contributed by atoms with van der Waals surface area (Å²) in [5, 5.41) is 0.732. The summed E-state index contributed by atoms with van der Waals surface area (Å²) in [4.78, 5) is 0. The number of hydrogen-bond acceptors (Lipinski definition) is 3. The summed E-state index contributed by atoms with van der Waals surface area (Å²) in [7, 11) is 0. The Morgan fingerprint density at radius 3 is 2.57 bits per heavy atom. The average Bonchev–Trinajstić information content (AvgIpc) is 2.94. The minimum atomic E-state index is -0.365. The van der Waals surface area contributed by atoms with Gasteiger partial charge in [-0.2, -0.15) is 0 Å². The largest absolute Gasteiger partial charge is 0.456 e. The molecule has 3 nitrogen and oxygen atoms in total. The fraction of sp³-hybridized carbons (Fsp3) is 0.176. The molecule has 3 rings (SSSR count). The Labute approximate surface area is 122 Å². The summed E-state index contributed by atoms with van der Waals surface area (Å²) in [5.41, 5.74) is 5.23. The quantitative estimate of drug-likeness (QED) is 0.567. The van der Waals surface area contributed by atoms with E-state index in [1.165, 1.54) is 11.6 Å². The third-order valence-electron chi connectivity index (χ3n) is 3.69. The molecule has 0 aliphatic heterocycles. The van der Waals surface area contributed by atoms with Crippen molar-refractivity contribution in [2.45, 2.75) is 19.4 Å². The van der Waals surface area contributed by atoms with Crippen molar-refractivity contribution in [2.24, 2.45) is 5.84 Å². The smallest absolute Gasteiger partial charge is 0.169 e. The van der Waals surface area contributed by atoms with Gasteiger partial charge in [0.25, 0.3) is 0 Å². The van der Waals surface area contributed by atoms with E-state index in [0.29, 0.717) is 5.76 Å². The van der Waals surface area contributed by atoms with Crippen LogP contribution in [0.4, 0.5) is 4.39 Å². The Kier molecular flexibility index (Phi) is 3.73. The Morgan fingerprint density at radius 2 is 1.95 bits per heavy atom. The Bertz CT molecular complexity index is 749. The molecule has 1 aromatic heterocycles. The highest BCUT2D eigenvalue weighted by Crippen LogP contribution is 2.29. The van der Waals surface area contributed by atoms with Gasteiger partial charge in [0.2, 0.25) is 0 Å². The molecule has 1 atom stereocenters. The molecule has 3 aromatic rings. The van der Waals surface area contributed by atoms with Gasteiger partial charge in [0.05, 0.1) is 0 Å². The highest BCUT2D eigenvalue weighted by molar-refractivity contribution is 5.78. The molecule has 0 saturated heterocycles. The predicted molar refractivity (Wildman–Crippen MR) is 81.2 cm³/mol. The van der Waals surface area contributed by atoms with Crippen molar-refractivity contribution in [3.63, 3.8) is 0 Å². The average molecular weight is 284 g/mol. The van der Waals surface area contributed by atoms with E-state index in [9.17, 15) is 4.39 Å². The second kappa shape index (κ2) is 5.68. The summed E-state index contributed by atoms with van der Waals surface area (Å²) < 4.78 is 19.4. The van der Waals surface area contributed by atoms with Crippen molar-refractivity contribution in [2.75, 3.05) is 0 Å². The normalized spacial score (nSPS) is 12.7. The monoisotopic (exact) mass is 284 g/mol. The van der Waals surface area contributed by atoms with E-state index in [4.69, 9.17) is 10.3 Å². The molecule has 0 bridgehead atoms. The molecule has 0 saturated carbocycles. The number of para-hydroxylation sites is 1. The molecular formula is C17H17FN2O. The van der Waals surface area contributed by atoms with Crippen LogP contribution in [-0.4, -0.2) is 0 Å². The fourth-order valence-corrected chi connectivity index (χ4v) is 2.48. The molecule has 0 amide bonds. The van der Waals surface area contributed by atoms with Crippen LogP contribution in [0.15, 0.2) is 52.9 Å². The molecule has 2 aromatic carbocycles. The van der Waals surface area contributed by atoms with Crippen LogP contribution >= 0.6 is 0 Å². The number of fused-ring (bicyclic) bond motifs is 1. The highest BCUT2D eigenvalue weighted by Gasteiger charge is 2.18. The van der Waals surface area contributed by atoms with Crippen LogP contribution in [0, 0.1) is 5.82 Å². The van der Waals surface area contributed by atoms with E-state index in [0.717, 1.165) is 17.4 Å². The van der Waals surface area contributed by atoms with Gasteiger partial charge < -0.3 is 4.42 Å². The molecule has 1 unspecified atom stereocenters. The van der Waals surface area contributed by atoms with Crippen molar-refractivity contribution < 1.29 is 8.81 Å². The Balaban J connectivity index is 2.02. The van der Waals surface area contributed by atoms with E-state index < -0.39 is 0 Å². The zero-order valence-corrected chi connectivity index (χ0v) is 11.8. The third-order valence-corrected chi connectivity index (χ3v) is 3.69. The van der Waals surface area contributed by atoms with Crippen molar-refractivity contribution in [1.82, 2.24) is 5.43 Å². The molecule has 4 heteroatoms. The van der Waals surface area contributed by atoms with Gasteiger partial charge in [-0.25, -0.2) is 9.82 Å². The zero-order chi connectivity index (χ0) is 14.8. The molecule has 0 aliphatic carbocycles. The Hall–Kier alpha value is -2.17. The topological polar surface area (TPSA) is 51.2 Å². The van der Waals surface area contributed by atoms with E-state index in [1.54, 1.807) is 6.07 Å². The standard InChI is InChI=1S/C17H17FN2O/c1-2-11-6-8-12(9-7-11)16(20-19)15-10-13-4-3-5-14(18)17(13)21-15/h3-10,16,20H,2,19H2,1H3. The van der Waals surface area contributed by atoms with Crippen LogP contribution in [-0.2, 0) is 6.42 Å². The minimum Gasteiger partial charge on any atom is -0.456 e. The number of nitrogens with one attached hydrogen (secondary N) is 1. The van der Waals surface area contributed by atoms with Gasteiger partial charge in [0.15, 0.2) is 11.4 Å². The van der Waals surface area contributed by atoms with Gasteiger partial charge in [0, 0.05) is 5.39 Å². The summed E-state index contributed by atoms with van der Waals surface area (Å²) in [5.74, 6) is 5.90. The summed E-state index contributed by atoms with van der Waals surface area (Å²) >= 11 is 0. The second-order valence-corrected chi connectivity index (χ2v) is 5.00. The molecule has 21 heavy (non-hydrogen) atoms. The number of benzene rings is 2. The SMILES string of the molecule is CCc1ccc(C(NN)c2cc3cccc(F)c3o2)cc1. The van der Waals surface area contributed by atoms with Crippen molar-refractivity contribution in [3.05, 3.63) is 71.2 Å². The van der Waals surface area contributed by atoms with Crippen LogP contribution in [0.25, 0.3) is 11.0 Å². The van der Waals surface area contributed by atoms with Crippen molar-refractivity contribution in [1.29, 1.82) is 0 Å². The number of nitrogens with two attached hydrogens (primary N) is 1. The number of aryl methyl sites for hydroxylation is 1. The first-order valence-corrected chi connectivity index (χ1v) is 6.96. The van der Waals surface area contributed by atoms with E-state index >= 15 is 0 Å². The van der Waals surface area contributed by atoms with Gasteiger partial charge >= 0.3 is 0 Å². The van der Waals surface area contributed by atoms with Gasteiger partial charge in [0.1, 0.15) is 11.8 Å². The van der Waals surface area contributed by atoms with Gasteiger partial charge in [-0.3, -0.25) is 5.84 Å².